The quantitative estimate of drug-likeness (QED) is 0.542. The molecule has 3 rings (SSSR count). The van der Waals surface area contributed by atoms with Gasteiger partial charge in [-0.15, -0.1) is 0 Å². The van der Waals surface area contributed by atoms with E-state index in [0.29, 0.717) is 17.1 Å². The van der Waals surface area contributed by atoms with Crippen LogP contribution in [0.25, 0.3) is 0 Å². The molecule has 0 aliphatic rings. The molecule has 1 heterocycles. The van der Waals surface area contributed by atoms with Crippen LogP contribution in [0.2, 0.25) is 0 Å². The molecule has 0 unspecified atom stereocenters. The van der Waals surface area contributed by atoms with Crippen LogP contribution in [0.4, 0.5) is 36.1 Å². The summed E-state index contributed by atoms with van der Waals surface area (Å²) in [5.74, 6) is 0.0216. The van der Waals surface area contributed by atoms with Crippen molar-refractivity contribution in [2.75, 3.05) is 15.4 Å². The molecule has 30 heavy (non-hydrogen) atoms. The summed E-state index contributed by atoms with van der Waals surface area (Å²) in [6, 6.07) is 11.3. The molecule has 0 aliphatic carbocycles. The number of rotatable bonds is 6. The Morgan fingerprint density at radius 1 is 0.933 bits per heavy atom. The summed E-state index contributed by atoms with van der Waals surface area (Å²) in [5.41, 5.74) is -4.54. The van der Waals surface area contributed by atoms with Gasteiger partial charge in [0.25, 0.3) is 5.91 Å². The number of halogens is 3. The van der Waals surface area contributed by atoms with Gasteiger partial charge in [-0.3, -0.25) is 14.5 Å². The maximum atomic E-state index is 12.4. The van der Waals surface area contributed by atoms with Crippen LogP contribution in [0.5, 0.6) is 0 Å². The molecular formula is C18H14F3N5O3S. The fourth-order valence-corrected chi connectivity index (χ4v) is 2.85. The molecule has 0 radical (unpaired) electrons. The molecule has 0 atom stereocenters. The van der Waals surface area contributed by atoms with Crippen molar-refractivity contribution in [3.8, 4) is 0 Å². The molecule has 8 nitrogen and oxygen atoms in total. The minimum Gasteiger partial charge on any atom is -0.339 e. The average molecular weight is 437 g/mol. The highest BCUT2D eigenvalue weighted by Crippen LogP contribution is 2.26. The van der Waals surface area contributed by atoms with E-state index in [1.807, 2.05) is 0 Å². The molecule has 0 aliphatic heterocycles. The lowest BCUT2D eigenvalue weighted by Crippen LogP contribution is -2.29. The molecule has 12 heteroatoms. The molecule has 0 bridgehead atoms. The SMILES string of the molecule is O=C(Nc1ccc(NS(=O)(=O)C(F)(F)F)cc1)c1cccc(Nc2cnccn2)c1. The number of nitrogens with one attached hydrogen (secondary N) is 3. The Balaban J connectivity index is 1.67. The predicted octanol–water partition coefficient (Wildman–Crippen LogP) is 3.73. The molecule has 1 amide bonds. The number of hydrogen-bond donors (Lipinski definition) is 3. The van der Waals surface area contributed by atoms with Crippen LogP contribution in [-0.2, 0) is 10.0 Å². The molecule has 1 aromatic heterocycles. The summed E-state index contributed by atoms with van der Waals surface area (Å²) in [6.45, 7) is 0. The number of hydrogen-bond acceptors (Lipinski definition) is 6. The van der Waals surface area contributed by atoms with Crippen LogP contribution in [0.1, 0.15) is 10.4 Å². The zero-order valence-electron chi connectivity index (χ0n) is 15.0. The zero-order valence-corrected chi connectivity index (χ0v) is 15.8. The van der Waals surface area contributed by atoms with Crippen molar-refractivity contribution in [2.45, 2.75) is 5.51 Å². The number of alkyl halides is 3. The van der Waals surface area contributed by atoms with Crippen molar-refractivity contribution in [1.82, 2.24) is 9.97 Å². The topological polar surface area (TPSA) is 113 Å². The van der Waals surface area contributed by atoms with E-state index in [0.717, 1.165) is 12.1 Å². The second-order valence-corrected chi connectivity index (χ2v) is 7.55. The van der Waals surface area contributed by atoms with Gasteiger partial charge in [-0.2, -0.15) is 21.6 Å². The van der Waals surface area contributed by atoms with Crippen molar-refractivity contribution in [1.29, 1.82) is 0 Å². The minimum absolute atomic E-state index is 0.266. The lowest BCUT2D eigenvalue weighted by Gasteiger charge is -2.11. The van der Waals surface area contributed by atoms with Gasteiger partial charge in [0, 0.05) is 35.0 Å². The normalized spacial score (nSPS) is 11.6. The van der Waals surface area contributed by atoms with Gasteiger partial charge >= 0.3 is 15.5 Å². The lowest BCUT2D eigenvalue weighted by atomic mass is 10.2. The highest BCUT2D eigenvalue weighted by molar-refractivity contribution is 7.93. The lowest BCUT2D eigenvalue weighted by molar-refractivity contribution is -0.0429. The van der Waals surface area contributed by atoms with E-state index in [9.17, 15) is 26.4 Å². The van der Waals surface area contributed by atoms with E-state index in [2.05, 4.69) is 20.6 Å². The Labute approximate surface area is 169 Å². The Morgan fingerprint density at radius 2 is 1.63 bits per heavy atom. The summed E-state index contributed by atoms with van der Waals surface area (Å²) >= 11 is 0. The van der Waals surface area contributed by atoms with E-state index in [-0.39, 0.29) is 11.4 Å². The number of carbonyl (C=O) groups is 1. The van der Waals surface area contributed by atoms with Gasteiger partial charge in [0.2, 0.25) is 0 Å². The van der Waals surface area contributed by atoms with Crippen LogP contribution in [-0.4, -0.2) is 29.8 Å². The van der Waals surface area contributed by atoms with Gasteiger partial charge in [-0.05, 0) is 42.5 Å². The van der Waals surface area contributed by atoms with Crippen molar-refractivity contribution in [3.05, 3.63) is 72.7 Å². The smallest absolute Gasteiger partial charge is 0.339 e. The van der Waals surface area contributed by atoms with E-state index in [1.54, 1.807) is 24.3 Å². The second-order valence-electron chi connectivity index (χ2n) is 5.88. The third kappa shape index (κ3) is 5.23. The first-order valence-electron chi connectivity index (χ1n) is 8.28. The number of amides is 1. The highest BCUT2D eigenvalue weighted by atomic mass is 32.2. The van der Waals surface area contributed by atoms with Crippen molar-refractivity contribution in [2.24, 2.45) is 0 Å². The fraction of sp³-hybridized carbons (Fsp3) is 0.0556. The number of carbonyl (C=O) groups excluding carboxylic acids is 1. The van der Waals surface area contributed by atoms with Crippen molar-refractivity contribution >= 4 is 38.8 Å². The fourth-order valence-electron chi connectivity index (χ4n) is 2.29. The third-order valence-electron chi connectivity index (χ3n) is 3.66. The first kappa shape index (κ1) is 21.0. The standard InChI is InChI=1S/C18H14F3N5O3S/c19-18(20,21)30(28,29)26-14-6-4-13(5-7-14)25-17(27)12-2-1-3-15(10-12)24-16-11-22-8-9-23-16/h1-11,26H,(H,23,24)(H,25,27). The van der Waals surface area contributed by atoms with Gasteiger partial charge in [0.1, 0.15) is 5.82 Å². The Kier molecular flexibility index (Phi) is 5.87. The summed E-state index contributed by atoms with van der Waals surface area (Å²) < 4.78 is 60.9. The van der Waals surface area contributed by atoms with Gasteiger partial charge < -0.3 is 10.6 Å². The van der Waals surface area contributed by atoms with Crippen molar-refractivity contribution in [3.63, 3.8) is 0 Å². The van der Waals surface area contributed by atoms with Crippen LogP contribution in [0, 0.1) is 0 Å². The minimum atomic E-state index is -5.51. The van der Waals surface area contributed by atoms with Gasteiger partial charge in [-0.1, -0.05) is 6.07 Å². The molecule has 3 aromatic rings. The number of benzene rings is 2. The number of nitrogens with zero attached hydrogens (tertiary/aromatic N) is 2. The van der Waals surface area contributed by atoms with Gasteiger partial charge in [0.15, 0.2) is 0 Å². The summed E-state index contributed by atoms with van der Waals surface area (Å²) in [7, 11) is -5.51. The Hall–Kier alpha value is -3.67. The predicted molar refractivity (Wildman–Crippen MR) is 105 cm³/mol. The highest BCUT2D eigenvalue weighted by Gasteiger charge is 2.46. The van der Waals surface area contributed by atoms with Crippen LogP contribution in [0.15, 0.2) is 67.1 Å². The molecule has 156 valence electrons. The van der Waals surface area contributed by atoms with Gasteiger partial charge in [-0.25, -0.2) is 4.98 Å². The second kappa shape index (κ2) is 8.37. The summed E-state index contributed by atoms with van der Waals surface area (Å²) in [4.78, 5) is 20.4. The summed E-state index contributed by atoms with van der Waals surface area (Å²) in [5, 5.41) is 5.57. The first-order valence-corrected chi connectivity index (χ1v) is 9.76. The molecule has 0 fully saturated rings. The van der Waals surface area contributed by atoms with Crippen molar-refractivity contribution < 1.29 is 26.4 Å². The monoisotopic (exact) mass is 437 g/mol. The van der Waals surface area contributed by atoms with Crippen LogP contribution in [0.3, 0.4) is 0 Å². The Bertz CT molecular complexity index is 1140. The number of sulfonamides is 1. The zero-order chi connectivity index (χ0) is 21.8. The molecule has 2 aromatic carbocycles. The van der Waals surface area contributed by atoms with Crippen LogP contribution >= 0.6 is 0 Å². The van der Waals surface area contributed by atoms with E-state index in [1.165, 1.54) is 35.4 Å². The third-order valence-corrected chi connectivity index (χ3v) is 4.77. The largest absolute Gasteiger partial charge is 0.516 e. The average Bonchev–Trinajstić information content (AvgIpc) is 2.69. The van der Waals surface area contributed by atoms with E-state index in [4.69, 9.17) is 0 Å². The van der Waals surface area contributed by atoms with Gasteiger partial charge in [0.05, 0.1) is 6.20 Å². The number of aromatic nitrogens is 2. The maximum Gasteiger partial charge on any atom is 0.516 e. The Morgan fingerprint density at radius 3 is 2.27 bits per heavy atom. The molecule has 0 saturated carbocycles. The molecule has 0 saturated heterocycles. The molecular weight excluding hydrogens is 423 g/mol. The van der Waals surface area contributed by atoms with E-state index >= 15 is 0 Å². The first-order chi connectivity index (χ1) is 14.1. The molecule has 0 spiro atoms. The molecule has 3 N–H and O–H groups in total. The van der Waals surface area contributed by atoms with Crippen LogP contribution < -0.4 is 15.4 Å². The summed E-state index contributed by atoms with van der Waals surface area (Å²) in [6.07, 6.45) is 4.55. The number of anilines is 4. The van der Waals surface area contributed by atoms with E-state index < -0.39 is 21.4 Å². The maximum absolute atomic E-state index is 12.4.